The molecular weight excluding hydrogens is 291 g/mol. The van der Waals surface area contributed by atoms with Crippen LogP contribution in [-0.4, -0.2) is 29.9 Å². The van der Waals surface area contributed by atoms with Crippen molar-refractivity contribution in [2.45, 2.75) is 38.6 Å². The maximum absolute atomic E-state index is 12.9. The summed E-state index contributed by atoms with van der Waals surface area (Å²) in [5.74, 6) is 0.425. The molecule has 0 bridgehead atoms. The van der Waals surface area contributed by atoms with Gasteiger partial charge >= 0.3 is 0 Å². The van der Waals surface area contributed by atoms with Crippen LogP contribution < -0.4 is 5.73 Å². The maximum atomic E-state index is 12.9. The lowest BCUT2D eigenvalue weighted by atomic mass is 9.89. The third-order valence-corrected chi connectivity index (χ3v) is 4.15. The Morgan fingerprint density at radius 2 is 1.76 bits per heavy atom. The van der Waals surface area contributed by atoms with Crippen molar-refractivity contribution < 1.29 is 9.18 Å². The minimum atomic E-state index is -0.405. The van der Waals surface area contributed by atoms with E-state index in [4.69, 9.17) is 5.73 Å². The molecule has 1 heterocycles. The van der Waals surface area contributed by atoms with Crippen molar-refractivity contribution in [1.82, 2.24) is 4.90 Å². The van der Waals surface area contributed by atoms with Crippen molar-refractivity contribution in [1.29, 1.82) is 0 Å². The first-order valence-corrected chi connectivity index (χ1v) is 7.29. The second-order valence-electron chi connectivity index (χ2n) is 5.92. The van der Waals surface area contributed by atoms with Gasteiger partial charge in [-0.15, -0.1) is 12.4 Å². The molecule has 2 rings (SSSR count). The van der Waals surface area contributed by atoms with Crippen LogP contribution in [0.25, 0.3) is 0 Å². The molecule has 118 valence electrons. The predicted molar refractivity (Wildman–Crippen MR) is 85.0 cm³/mol. The first kappa shape index (κ1) is 17.9. The van der Waals surface area contributed by atoms with Gasteiger partial charge < -0.3 is 10.6 Å². The fourth-order valence-electron chi connectivity index (χ4n) is 2.66. The normalized spacial score (nSPS) is 17.5. The second kappa shape index (κ2) is 7.76. The van der Waals surface area contributed by atoms with E-state index in [9.17, 15) is 9.18 Å². The highest BCUT2D eigenvalue weighted by molar-refractivity contribution is 5.85. The number of carbonyl (C=O) groups is 1. The van der Waals surface area contributed by atoms with Crippen LogP contribution in [0.4, 0.5) is 4.39 Å². The number of rotatable bonds is 3. The lowest BCUT2D eigenvalue weighted by Gasteiger charge is -2.34. The van der Waals surface area contributed by atoms with Gasteiger partial charge in [0, 0.05) is 13.1 Å². The van der Waals surface area contributed by atoms with Crippen LogP contribution in [0.3, 0.4) is 0 Å². The van der Waals surface area contributed by atoms with Gasteiger partial charge in [0.1, 0.15) is 5.82 Å². The van der Waals surface area contributed by atoms with Gasteiger partial charge in [-0.3, -0.25) is 4.79 Å². The van der Waals surface area contributed by atoms with Gasteiger partial charge in [-0.25, -0.2) is 4.39 Å². The predicted octanol–water partition coefficient (Wildman–Crippen LogP) is 2.94. The molecule has 0 radical (unpaired) electrons. The Morgan fingerprint density at radius 3 is 2.24 bits per heavy atom. The highest BCUT2D eigenvalue weighted by Gasteiger charge is 2.28. The Bertz CT molecular complexity index is 456. The number of piperidine rings is 1. The van der Waals surface area contributed by atoms with Crippen molar-refractivity contribution in [2.75, 3.05) is 13.1 Å². The summed E-state index contributed by atoms with van der Waals surface area (Å²) in [6.45, 7) is 5.41. The van der Waals surface area contributed by atoms with Crippen molar-refractivity contribution in [3.05, 3.63) is 35.6 Å². The van der Waals surface area contributed by atoms with Crippen molar-refractivity contribution in [3.8, 4) is 0 Å². The molecule has 2 N–H and O–H groups in total. The highest BCUT2D eigenvalue weighted by Crippen LogP contribution is 2.28. The number of hydrogen-bond acceptors (Lipinski definition) is 2. The lowest BCUT2D eigenvalue weighted by molar-refractivity contribution is -0.134. The summed E-state index contributed by atoms with van der Waals surface area (Å²) in [6, 6.07) is 6.29. The van der Waals surface area contributed by atoms with Crippen LogP contribution in [0.1, 0.15) is 38.2 Å². The van der Waals surface area contributed by atoms with E-state index in [1.807, 2.05) is 30.9 Å². The standard InChI is InChI=1S/C16H23FN2O.ClH/c1-11(2)15(18)16(20)19-9-7-13(8-10-19)12-3-5-14(17)6-4-12;/h3-6,11,13,15H,7-10,18H2,1-2H3;1H/t15-;/m1./s1. The first-order valence-electron chi connectivity index (χ1n) is 7.29. The second-order valence-corrected chi connectivity index (χ2v) is 5.92. The summed E-state index contributed by atoms with van der Waals surface area (Å²) in [7, 11) is 0. The number of halogens is 2. The average molecular weight is 315 g/mol. The van der Waals surface area contributed by atoms with Gasteiger partial charge in [0.2, 0.25) is 5.91 Å². The van der Waals surface area contributed by atoms with E-state index in [2.05, 4.69) is 0 Å². The monoisotopic (exact) mass is 314 g/mol. The van der Waals surface area contributed by atoms with Crippen molar-refractivity contribution >= 4 is 18.3 Å². The summed E-state index contributed by atoms with van der Waals surface area (Å²) in [5, 5.41) is 0. The minimum absolute atomic E-state index is 0. The van der Waals surface area contributed by atoms with E-state index in [0.717, 1.165) is 31.5 Å². The molecule has 0 saturated carbocycles. The van der Waals surface area contributed by atoms with Gasteiger partial charge in [0.05, 0.1) is 6.04 Å². The molecule has 1 aromatic carbocycles. The molecule has 0 spiro atoms. The quantitative estimate of drug-likeness (QED) is 0.932. The SMILES string of the molecule is CC(C)[C@@H](N)C(=O)N1CCC(c2ccc(F)cc2)CC1.Cl. The number of carbonyl (C=O) groups excluding carboxylic acids is 1. The fraction of sp³-hybridized carbons (Fsp3) is 0.562. The Kier molecular flexibility index (Phi) is 6.62. The van der Waals surface area contributed by atoms with E-state index < -0.39 is 6.04 Å². The number of amides is 1. The van der Waals surface area contributed by atoms with E-state index in [-0.39, 0.29) is 30.0 Å². The third-order valence-electron chi connectivity index (χ3n) is 4.15. The van der Waals surface area contributed by atoms with Crippen LogP contribution in [0.5, 0.6) is 0 Å². The van der Waals surface area contributed by atoms with Crippen LogP contribution in [-0.2, 0) is 4.79 Å². The molecule has 1 aromatic rings. The van der Waals surface area contributed by atoms with Crippen LogP contribution in [0.15, 0.2) is 24.3 Å². The molecule has 0 aliphatic carbocycles. The number of benzene rings is 1. The Morgan fingerprint density at radius 1 is 1.24 bits per heavy atom. The van der Waals surface area contributed by atoms with E-state index in [1.54, 1.807) is 0 Å². The summed E-state index contributed by atoms with van der Waals surface area (Å²) < 4.78 is 12.9. The van der Waals surface area contributed by atoms with Gasteiger partial charge in [-0.2, -0.15) is 0 Å². The molecule has 1 amide bonds. The smallest absolute Gasteiger partial charge is 0.239 e. The van der Waals surface area contributed by atoms with Gasteiger partial charge in [-0.05, 0) is 42.4 Å². The third kappa shape index (κ3) is 4.42. The molecule has 5 heteroatoms. The zero-order valence-corrected chi connectivity index (χ0v) is 13.4. The van der Waals surface area contributed by atoms with E-state index in [1.165, 1.54) is 12.1 Å². The van der Waals surface area contributed by atoms with Gasteiger partial charge in [0.15, 0.2) is 0 Å². The van der Waals surface area contributed by atoms with Gasteiger partial charge in [0.25, 0.3) is 0 Å². The zero-order chi connectivity index (χ0) is 14.7. The fourth-order valence-corrected chi connectivity index (χ4v) is 2.66. The maximum Gasteiger partial charge on any atom is 0.239 e. The summed E-state index contributed by atoms with van der Waals surface area (Å²) in [5.41, 5.74) is 7.08. The summed E-state index contributed by atoms with van der Waals surface area (Å²) in [6.07, 6.45) is 1.84. The molecule has 0 unspecified atom stereocenters. The molecule has 21 heavy (non-hydrogen) atoms. The molecule has 1 aliphatic heterocycles. The summed E-state index contributed by atoms with van der Waals surface area (Å²) in [4.78, 5) is 14.0. The molecule has 1 fully saturated rings. The number of nitrogens with two attached hydrogens (primary N) is 1. The molecule has 3 nitrogen and oxygen atoms in total. The van der Waals surface area contributed by atoms with Gasteiger partial charge in [-0.1, -0.05) is 26.0 Å². The molecule has 1 aliphatic rings. The lowest BCUT2D eigenvalue weighted by Crippen LogP contribution is -2.49. The van der Waals surface area contributed by atoms with Crippen LogP contribution >= 0.6 is 12.4 Å². The molecular formula is C16H24ClFN2O. The van der Waals surface area contributed by atoms with Crippen LogP contribution in [0.2, 0.25) is 0 Å². The topological polar surface area (TPSA) is 46.3 Å². The number of nitrogens with zero attached hydrogens (tertiary/aromatic N) is 1. The zero-order valence-electron chi connectivity index (χ0n) is 12.6. The largest absolute Gasteiger partial charge is 0.341 e. The molecule has 1 atom stereocenters. The van der Waals surface area contributed by atoms with Crippen LogP contribution in [0, 0.1) is 11.7 Å². The Hall–Kier alpha value is -1.13. The average Bonchev–Trinajstić information content (AvgIpc) is 2.46. The molecule has 0 aromatic heterocycles. The van der Waals surface area contributed by atoms with E-state index >= 15 is 0 Å². The number of hydrogen-bond donors (Lipinski definition) is 1. The summed E-state index contributed by atoms with van der Waals surface area (Å²) >= 11 is 0. The highest BCUT2D eigenvalue weighted by atomic mass is 35.5. The van der Waals surface area contributed by atoms with E-state index in [0.29, 0.717) is 5.92 Å². The van der Waals surface area contributed by atoms with Crippen molar-refractivity contribution in [3.63, 3.8) is 0 Å². The Balaban J connectivity index is 0.00000220. The minimum Gasteiger partial charge on any atom is -0.341 e. The number of likely N-dealkylation sites (tertiary alicyclic amines) is 1. The Labute approximate surface area is 132 Å². The first-order chi connectivity index (χ1) is 9.49. The molecule has 1 saturated heterocycles. The van der Waals surface area contributed by atoms with Crippen molar-refractivity contribution in [2.24, 2.45) is 11.7 Å².